The highest BCUT2D eigenvalue weighted by molar-refractivity contribution is 4.80. The van der Waals surface area contributed by atoms with Gasteiger partial charge in [-0.15, -0.1) is 0 Å². The summed E-state index contributed by atoms with van der Waals surface area (Å²) in [6.45, 7) is 1.99. The molecule has 0 bridgehead atoms. The summed E-state index contributed by atoms with van der Waals surface area (Å²) in [5.41, 5.74) is 0. The summed E-state index contributed by atoms with van der Waals surface area (Å²) in [6.07, 6.45) is 21.5. The van der Waals surface area contributed by atoms with Crippen LogP contribution in [0.1, 0.15) is 64.2 Å². The normalized spacial score (nSPS) is 24.0. The largest absolute Gasteiger partial charge is 0.473 e. The number of hydrogen-bond acceptors (Lipinski definition) is 3. The van der Waals surface area contributed by atoms with Gasteiger partial charge in [0.1, 0.15) is 0 Å². The third-order valence-electron chi connectivity index (χ3n) is 3.95. The summed E-state index contributed by atoms with van der Waals surface area (Å²) in [5, 5.41) is 0. The minimum Gasteiger partial charge on any atom is -0.473 e. The van der Waals surface area contributed by atoms with Crippen LogP contribution in [0.5, 0.6) is 0 Å². The zero-order valence-corrected chi connectivity index (χ0v) is 13.2. The molecule has 2 rings (SSSR count). The van der Waals surface area contributed by atoms with Gasteiger partial charge in [0.15, 0.2) is 0 Å². The van der Waals surface area contributed by atoms with E-state index in [9.17, 15) is 0 Å². The zero-order chi connectivity index (χ0) is 14.6. The second-order valence-corrected chi connectivity index (χ2v) is 6.07. The van der Waals surface area contributed by atoms with Crippen molar-refractivity contribution < 1.29 is 14.2 Å². The number of ether oxygens (including phenoxy) is 3. The molecule has 0 aromatic heterocycles. The molecule has 3 heteroatoms. The summed E-state index contributed by atoms with van der Waals surface area (Å²) in [6, 6.07) is 0. The predicted octanol–water partition coefficient (Wildman–Crippen LogP) is 4.73. The van der Waals surface area contributed by atoms with Crippen molar-refractivity contribution in [2.75, 3.05) is 13.2 Å². The molecule has 2 heterocycles. The smallest absolute Gasteiger partial charge is 0.0861 e. The zero-order valence-electron chi connectivity index (χ0n) is 13.2. The maximum absolute atomic E-state index is 5.34. The molecule has 0 aliphatic carbocycles. The number of rotatable bonds is 14. The Hall–Kier alpha value is -0.800. The Balaban J connectivity index is 1.26. The van der Waals surface area contributed by atoms with Crippen LogP contribution in [0.4, 0.5) is 0 Å². The Labute approximate surface area is 129 Å². The molecule has 2 unspecified atom stereocenters. The maximum Gasteiger partial charge on any atom is 0.0861 e. The first-order valence-electron chi connectivity index (χ1n) is 8.64. The van der Waals surface area contributed by atoms with E-state index in [0.29, 0.717) is 12.2 Å². The van der Waals surface area contributed by atoms with Crippen LogP contribution in [0.2, 0.25) is 0 Å². The van der Waals surface area contributed by atoms with E-state index in [1.54, 1.807) is 0 Å². The van der Waals surface area contributed by atoms with E-state index in [4.69, 9.17) is 14.2 Å². The van der Waals surface area contributed by atoms with E-state index in [1.165, 1.54) is 51.4 Å². The third kappa shape index (κ3) is 10.6. The van der Waals surface area contributed by atoms with E-state index in [-0.39, 0.29) is 0 Å². The van der Waals surface area contributed by atoms with Crippen LogP contribution in [0.15, 0.2) is 24.7 Å². The van der Waals surface area contributed by atoms with Crippen molar-refractivity contribution in [3.8, 4) is 0 Å². The molecule has 0 N–H and O–H groups in total. The molecular weight excluding hydrogens is 264 g/mol. The fourth-order valence-electron chi connectivity index (χ4n) is 2.38. The van der Waals surface area contributed by atoms with E-state index < -0.39 is 0 Å². The number of epoxide rings is 2. The van der Waals surface area contributed by atoms with Gasteiger partial charge in [0, 0.05) is 0 Å². The summed E-state index contributed by atoms with van der Waals surface area (Å²) in [4.78, 5) is 0. The van der Waals surface area contributed by atoms with Crippen molar-refractivity contribution in [2.24, 2.45) is 0 Å². The average Bonchev–Trinajstić information content (AvgIpc) is 3.37. The van der Waals surface area contributed by atoms with Gasteiger partial charge in [-0.1, -0.05) is 25.7 Å². The lowest BCUT2D eigenvalue weighted by Crippen LogP contribution is -1.85. The van der Waals surface area contributed by atoms with Crippen LogP contribution >= 0.6 is 0 Å². The highest BCUT2D eigenvalue weighted by atomic mass is 16.6. The van der Waals surface area contributed by atoms with Crippen LogP contribution in [0.3, 0.4) is 0 Å². The molecule has 0 aromatic rings. The summed E-state index contributed by atoms with van der Waals surface area (Å²) in [7, 11) is 0. The van der Waals surface area contributed by atoms with Gasteiger partial charge in [0.05, 0.1) is 37.9 Å². The molecule has 2 aliphatic rings. The molecule has 3 nitrogen and oxygen atoms in total. The van der Waals surface area contributed by atoms with Crippen LogP contribution in [0.25, 0.3) is 0 Å². The Kier molecular flexibility index (Phi) is 8.57. The van der Waals surface area contributed by atoms with Gasteiger partial charge in [-0.3, -0.25) is 0 Å². The first-order valence-corrected chi connectivity index (χ1v) is 8.64. The Morgan fingerprint density at radius 2 is 1.19 bits per heavy atom. The first-order chi connectivity index (χ1) is 10.4. The van der Waals surface area contributed by atoms with Gasteiger partial charge >= 0.3 is 0 Å². The Morgan fingerprint density at radius 3 is 1.62 bits per heavy atom. The molecule has 0 amide bonds. The van der Waals surface area contributed by atoms with E-state index in [2.05, 4.69) is 12.2 Å². The molecule has 0 spiro atoms. The van der Waals surface area contributed by atoms with Gasteiger partial charge in [-0.05, 0) is 50.7 Å². The number of unbranched alkanes of at least 4 members (excludes halogenated alkanes) is 6. The van der Waals surface area contributed by atoms with Crippen molar-refractivity contribution >= 4 is 0 Å². The molecule has 2 aliphatic heterocycles. The summed E-state index contributed by atoms with van der Waals surface area (Å²) in [5.74, 6) is 0. The highest BCUT2D eigenvalue weighted by Crippen LogP contribution is 2.18. The van der Waals surface area contributed by atoms with Crippen molar-refractivity contribution in [3.05, 3.63) is 24.7 Å². The van der Waals surface area contributed by atoms with Crippen molar-refractivity contribution in [1.29, 1.82) is 0 Å². The quantitative estimate of drug-likeness (QED) is 0.264. The second kappa shape index (κ2) is 10.9. The standard InChI is InChI=1S/C18H30O3/c1(3-7-11-17-15-20-17)5-9-13-19-14-10-6-2-4-8-12-18-16-21-18/h9-10,13-14,17-18H,1-8,11-12,15-16H2. The lowest BCUT2D eigenvalue weighted by Gasteiger charge is -1.97. The molecule has 2 saturated heterocycles. The lowest BCUT2D eigenvalue weighted by molar-refractivity contribution is 0.387. The molecule has 0 saturated carbocycles. The van der Waals surface area contributed by atoms with Crippen molar-refractivity contribution in [1.82, 2.24) is 0 Å². The van der Waals surface area contributed by atoms with Crippen molar-refractivity contribution in [2.45, 2.75) is 76.4 Å². The van der Waals surface area contributed by atoms with Gasteiger partial charge in [-0.2, -0.15) is 0 Å². The molecule has 2 atom stereocenters. The van der Waals surface area contributed by atoms with Crippen LogP contribution < -0.4 is 0 Å². The van der Waals surface area contributed by atoms with E-state index in [1.807, 2.05) is 12.5 Å². The summed E-state index contributed by atoms with van der Waals surface area (Å²) >= 11 is 0. The van der Waals surface area contributed by atoms with E-state index >= 15 is 0 Å². The molecule has 21 heavy (non-hydrogen) atoms. The first kappa shape index (κ1) is 16.6. The topological polar surface area (TPSA) is 34.3 Å². The SMILES string of the molecule is C(=COC=CCCCCCC1CO1)CCCCCC1CO1. The Bertz CT molecular complexity index is 274. The summed E-state index contributed by atoms with van der Waals surface area (Å²) < 4.78 is 15.7. The fraction of sp³-hybridized carbons (Fsp3) is 0.778. The van der Waals surface area contributed by atoms with Crippen molar-refractivity contribution in [3.63, 3.8) is 0 Å². The molecule has 0 radical (unpaired) electrons. The minimum atomic E-state index is 0.594. The van der Waals surface area contributed by atoms with Gasteiger partial charge in [-0.25, -0.2) is 0 Å². The minimum absolute atomic E-state index is 0.594. The predicted molar refractivity (Wildman–Crippen MR) is 85.0 cm³/mol. The monoisotopic (exact) mass is 294 g/mol. The van der Waals surface area contributed by atoms with Gasteiger partial charge in [0.25, 0.3) is 0 Å². The molecule has 120 valence electrons. The number of allylic oxidation sites excluding steroid dienone is 2. The number of hydrogen-bond donors (Lipinski definition) is 0. The Morgan fingerprint density at radius 1 is 0.714 bits per heavy atom. The van der Waals surface area contributed by atoms with Crippen LogP contribution in [-0.2, 0) is 14.2 Å². The fourth-order valence-corrected chi connectivity index (χ4v) is 2.38. The lowest BCUT2D eigenvalue weighted by atomic mass is 10.1. The van der Waals surface area contributed by atoms with Crippen LogP contribution in [0, 0.1) is 0 Å². The van der Waals surface area contributed by atoms with Crippen LogP contribution in [-0.4, -0.2) is 25.4 Å². The average molecular weight is 294 g/mol. The molecular formula is C18H30O3. The van der Waals surface area contributed by atoms with E-state index in [0.717, 1.165) is 26.1 Å². The molecule has 0 aromatic carbocycles. The second-order valence-electron chi connectivity index (χ2n) is 6.07. The third-order valence-corrected chi connectivity index (χ3v) is 3.95. The molecule has 2 fully saturated rings. The van der Waals surface area contributed by atoms with Gasteiger partial charge in [0.2, 0.25) is 0 Å². The highest BCUT2D eigenvalue weighted by Gasteiger charge is 2.21. The van der Waals surface area contributed by atoms with Gasteiger partial charge < -0.3 is 14.2 Å². The maximum atomic E-state index is 5.34.